The van der Waals surface area contributed by atoms with Gasteiger partial charge in [-0.2, -0.15) is 0 Å². The van der Waals surface area contributed by atoms with E-state index >= 15 is 0 Å². The maximum absolute atomic E-state index is 14.9. The Morgan fingerprint density at radius 2 is 1.81 bits per heavy atom. The Morgan fingerprint density at radius 3 is 2.30 bits per heavy atom. The first-order valence-electron chi connectivity index (χ1n) is 10.4. The number of halogens is 2. The van der Waals surface area contributed by atoms with Crippen LogP contribution >= 0.6 is 15.2 Å². The molecular formula is C20H20F2N2O11P2. The zero-order valence-electron chi connectivity index (χ0n) is 19.1. The van der Waals surface area contributed by atoms with E-state index < -0.39 is 73.7 Å². The van der Waals surface area contributed by atoms with Crippen LogP contribution in [0.5, 0.6) is 5.75 Å². The minimum atomic E-state index is -5.51. The summed E-state index contributed by atoms with van der Waals surface area (Å²) in [5.74, 6) is -3.84. The highest BCUT2D eigenvalue weighted by Crippen LogP contribution is 2.79. The minimum absolute atomic E-state index is 0.0630. The van der Waals surface area contributed by atoms with Gasteiger partial charge in [-0.3, -0.25) is 23.2 Å². The van der Waals surface area contributed by atoms with Crippen molar-refractivity contribution in [2.24, 2.45) is 0 Å². The normalized spacial score (nSPS) is 31.2. The van der Waals surface area contributed by atoms with E-state index in [9.17, 15) is 42.4 Å². The molecule has 2 amide bonds. The number of carbonyl (C=O) groups is 2. The molecule has 0 aliphatic carbocycles. The number of hydrogen-bond donors (Lipinski definition) is 3. The van der Waals surface area contributed by atoms with Gasteiger partial charge in [-0.15, -0.1) is 0 Å². The van der Waals surface area contributed by atoms with E-state index in [1.807, 2.05) is 0 Å². The molecule has 2 aliphatic heterocycles. The summed E-state index contributed by atoms with van der Waals surface area (Å²) in [6.07, 6.45) is -3.30. The lowest BCUT2D eigenvalue weighted by molar-refractivity contribution is -0.0614. The molecule has 200 valence electrons. The molecule has 0 radical (unpaired) electrons. The number of ether oxygens (including phenoxy) is 2. The Labute approximate surface area is 207 Å². The molecule has 2 unspecified atom stereocenters. The molecule has 2 aliphatic rings. The van der Waals surface area contributed by atoms with Gasteiger partial charge in [-0.05, 0) is 25.5 Å². The summed E-state index contributed by atoms with van der Waals surface area (Å²) in [5, 5.41) is 7.32. The first kappa shape index (κ1) is 27.3. The van der Waals surface area contributed by atoms with Crippen LogP contribution in [-0.2, 0) is 29.3 Å². The van der Waals surface area contributed by atoms with Crippen molar-refractivity contribution in [3.63, 3.8) is 0 Å². The van der Waals surface area contributed by atoms with Crippen molar-refractivity contribution in [3.8, 4) is 5.75 Å². The maximum atomic E-state index is 14.9. The van der Waals surface area contributed by atoms with E-state index in [0.29, 0.717) is 17.0 Å². The lowest BCUT2D eigenvalue weighted by Crippen LogP contribution is -2.38. The molecule has 0 bridgehead atoms. The quantitative estimate of drug-likeness (QED) is 0.461. The van der Waals surface area contributed by atoms with Crippen molar-refractivity contribution in [2.45, 2.75) is 37.2 Å². The summed E-state index contributed by atoms with van der Waals surface area (Å²) in [4.78, 5) is 49.0. The van der Waals surface area contributed by atoms with Crippen LogP contribution in [-0.4, -0.2) is 54.2 Å². The van der Waals surface area contributed by atoms with Crippen LogP contribution in [0.15, 0.2) is 36.7 Å². The molecule has 37 heavy (non-hydrogen) atoms. The number of benzene rings is 1. The first-order valence-corrected chi connectivity index (χ1v) is 13.6. The smallest absolute Gasteiger partial charge is 0.424 e. The van der Waals surface area contributed by atoms with Gasteiger partial charge in [0.1, 0.15) is 23.0 Å². The third kappa shape index (κ3) is 5.04. The third-order valence-corrected chi connectivity index (χ3v) is 9.98. The van der Waals surface area contributed by atoms with Crippen LogP contribution in [0.4, 0.5) is 18.4 Å². The largest absolute Gasteiger partial charge is 0.441 e. The van der Waals surface area contributed by atoms with Gasteiger partial charge in [0, 0.05) is 30.9 Å². The Morgan fingerprint density at radius 1 is 1.22 bits per heavy atom. The molecule has 17 heteroatoms. The Bertz CT molecular complexity index is 1310. The number of aromatic nitrogens is 1. The fourth-order valence-corrected chi connectivity index (χ4v) is 7.14. The lowest BCUT2D eigenvalue weighted by Gasteiger charge is -2.41. The number of aliphatic hydroxyl groups is 1. The van der Waals surface area contributed by atoms with Crippen LogP contribution in [0.2, 0.25) is 0 Å². The third-order valence-electron chi connectivity index (χ3n) is 5.38. The van der Waals surface area contributed by atoms with E-state index in [2.05, 4.69) is 4.98 Å². The molecule has 2 atom stereocenters. The zero-order valence-corrected chi connectivity index (χ0v) is 20.9. The molecular weight excluding hydrogens is 544 g/mol. The van der Waals surface area contributed by atoms with E-state index in [0.717, 1.165) is 6.20 Å². The molecule has 0 spiro atoms. The van der Waals surface area contributed by atoms with Crippen LogP contribution in [0.25, 0.3) is 0 Å². The monoisotopic (exact) mass is 564 g/mol. The van der Waals surface area contributed by atoms with E-state index in [-0.39, 0.29) is 12.1 Å². The number of carbonyl (C=O) groups excluding carboxylic acids is 2. The molecule has 1 aromatic carbocycles. The average Bonchev–Trinajstić information content (AvgIpc) is 3.04. The van der Waals surface area contributed by atoms with Crippen molar-refractivity contribution in [2.75, 3.05) is 6.54 Å². The summed E-state index contributed by atoms with van der Waals surface area (Å²) in [7, 11) is -11.0. The van der Waals surface area contributed by atoms with Crippen molar-refractivity contribution in [1.29, 1.82) is 0 Å². The van der Waals surface area contributed by atoms with E-state index in [4.69, 9.17) is 18.5 Å². The van der Waals surface area contributed by atoms with Gasteiger partial charge < -0.3 is 24.4 Å². The van der Waals surface area contributed by atoms with Crippen LogP contribution in [0.1, 0.15) is 31.3 Å². The van der Waals surface area contributed by atoms with Crippen molar-refractivity contribution >= 4 is 27.4 Å². The van der Waals surface area contributed by atoms with Crippen molar-refractivity contribution in [3.05, 3.63) is 59.4 Å². The number of amides is 2. The minimum Gasteiger partial charge on any atom is -0.441 e. The zero-order chi connectivity index (χ0) is 27.4. The molecule has 13 nitrogen and oxygen atoms in total. The summed E-state index contributed by atoms with van der Waals surface area (Å²) in [6, 6.07) is 3.63. The standard InChI is InChI=1S/C20H20F2N2O11P2/c1-19(2)10-24(18(26)33-19)17(25)32-12-6-13(21)15(14(22)7-12)16-34-36(28,29)20(27,37(30,31)35-16)8-11-4-3-5-23-9-11/h3-7,9,16,27H,8,10H2,1-2H3,(H,28,29)(H,30,31). The van der Waals surface area contributed by atoms with Gasteiger partial charge in [0.2, 0.25) is 6.29 Å². The maximum Gasteiger partial charge on any atom is 0.424 e. The van der Waals surface area contributed by atoms with Gasteiger partial charge in [0.15, 0.2) is 0 Å². The summed E-state index contributed by atoms with van der Waals surface area (Å²) < 4.78 is 74.6. The lowest BCUT2D eigenvalue weighted by atomic mass is 10.1. The highest BCUT2D eigenvalue weighted by Gasteiger charge is 2.67. The summed E-state index contributed by atoms with van der Waals surface area (Å²) in [6.45, 7) is 2.85. The van der Waals surface area contributed by atoms with Gasteiger partial charge in [0.25, 0.3) is 5.08 Å². The number of pyridine rings is 1. The van der Waals surface area contributed by atoms with Crippen LogP contribution in [0.3, 0.4) is 0 Å². The van der Waals surface area contributed by atoms with Gasteiger partial charge in [-0.25, -0.2) is 23.3 Å². The molecule has 2 saturated heterocycles. The van der Waals surface area contributed by atoms with E-state index in [1.165, 1.54) is 32.2 Å². The molecule has 0 saturated carbocycles. The SMILES string of the molecule is CC1(C)CN(C(=O)Oc2cc(F)c(C3OP(=O)(O)C(O)(Cc4cccnc4)P(=O)(O)O3)c(F)c2)C(=O)O1. The molecule has 3 heterocycles. The predicted molar refractivity (Wildman–Crippen MR) is 117 cm³/mol. The Hall–Kier alpha value is -2.77. The highest BCUT2D eigenvalue weighted by atomic mass is 31.2. The second-order valence-electron chi connectivity index (χ2n) is 8.78. The number of nitrogens with zero attached hydrogens (tertiary/aromatic N) is 2. The Balaban J connectivity index is 1.58. The molecule has 4 rings (SSSR count). The number of imide groups is 1. The number of hydrogen-bond acceptors (Lipinski definition) is 10. The van der Waals surface area contributed by atoms with Crippen molar-refractivity contribution in [1.82, 2.24) is 9.88 Å². The summed E-state index contributed by atoms with van der Waals surface area (Å²) in [5.41, 5.74) is -2.16. The topological polar surface area (TPSA) is 182 Å². The van der Waals surface area contributed by atoms with Crippen LogP contribution < -0.4 is 4.74 Å². The number of rotatable bonds is 4. The summed E-state index contributed by atoms with van der Waals surface area (Å²) >= 11 is 0. The predicted octanol–water partition coefficient (Wildman–Crippen LogP) is 3.39. The molecule has 2 fully saturated rings. The fraction of sp³-hybridized carbons (Fsp3) is 0.350. The Kier molecular flexibility index (Phi) is 6.79. The highest BCUT2D eigenvalue weighted by molar-refractivity contribution is 7.73. The first-order chi connectivity index (χ1) is 17.1. The van der Waals surface area contributed by atoms with Gasteiger partial charge in [0.05, 0.1) is 12.1 Å². The van der Waals surface area contributed by atoms with Gasteiger partial charge >= 0.3 is 27.4 Å². The molecule has 1 aromatic heterocycles. The second kappa shape index (κ2) is 9.21. The van der Waals surface area contributed by atoms with Gasteiger partial charge in [-0.1, -0.05) is 6.07 Å². The van der Waals surface area contributed by atoms with Crippen LogP contribution in [0, 0.1) is 11.6 Å². The van der Waals surface area contributed by atoms with E-state index in [1.54, 1.807) is 0 Å². The fourth-order valence-electron chi connectivity index (χ4n) is 3.60. The molecule has 3 N–H and O–H groups in total. The second-order valence-corrected chi connectivity index (χ2v) is 13.1. The average molecular weight is 564 g/mol. The number of cyclic esters (lactones) is 1. The molecule has 2 aromatic rings. The van der Waals surface area contributed by atoms with Crippen molar-refractivity contribution < 1.29 is 60.9 Å².